The van der Waals surface area contributed by atoms with Gasteiger partial charge < -0.3 is 0 Å². The van der Waals surface area contributed by atoms with Crippen LogP contribution in [0.5, 0.6) is 0 Å². The molecule has 0 heterocycles. The SMILES string of the molecule is NCCC[Se]. The van der Waals surface area contributed by atoms with E-state index in [1.54, 1.807) is 0 Å². The van der Waals surface area contributed by atoms with Crippen molar-refractivity contribution in [3.63, 3.8) is 0 Å². The fraction of sp³-hybridized carbons (Fsp3) is 1.00. The van der Waals surface area contributed by atoms with Crippen LogP contribution in [0.25, 0.3) is 0 Å². The first-order chi connectivity index (χ1) is 2.41. The van der Waals surface area contributed by atoms with E-state index in [1.165, 1.54) is 0 Å². The fourth-order valence-corrected chi connectivity index (χ4v) is 0.433. The maximum absolute atomic E-state index is 5.12. The summed E-state index contributed by atoms with van der Waals surface area (Å²) in [6.07, 6.45) is 1.11. The van der Waals surface area contributed by atoms with Gasteiger partial charge >= 0.3 is 40.0 Å². The molecule has 0 aromatic heterocycles. The molecule has 2 N–H and O–H groups in total. The second-order valence-corrected chi connectivity index (χ2v) is 1.70. The zero-order valence-corrected chi connectivity index (χ0v) is 4.82. The number of rotatable bonds is 2. The normalized spacial score (nSPS) is 8.40. The van der Waals surface area contributed by atoms with Gasteiger partial charge in [0.15, 0.2) is 0 Å². The van der Waals surface area contributed by atoms with Gasteiger partial charge in [-0.15, -0.1) is 0 Å². The van der Waals surface area contributed by atoms with Gasteiger partial charge in [0.1, 0.15) is 0 Å². The van der Waals surface area contributed by atoms with Crippen LogP contribution < -0.4 is 5.73 Å². The third-order valence-corrected chi connectivity index (χ3v) is 0.954. The van der Waals surface area contributed by atoms with Crippen LogP contribution in [0.2, 0.25) is 5.32 Å². The van der Waals surface area contributed by atoms with E-state index < -0.39 is 0 Å². The predicted octanol–water partition coefficient (Wildman–Crippen LogP) is -0.0780. The molecule has 0 aromatic carbocycles. The first-order valence-electron chi connectivity index (χ1n) is 1.70. The molecule has 0 amide bonds. The van der Waals surface area contributed by atoms with Crippen molar-refractivity contribution in [1.82, 2.24) is 0 Å². The van der Waals surface area contributed by atoms with E-state index in [-0.39, 0.29) is 0 Å². The molecule has 0 spiro atoms. The van der Waals surface area contributed by atoms with Crippen LogP contribution in [0.1, 0.15) is 6.42 Å². The Morgan fingerprint density at radius 3 is 2.20 bits per heavy atom. The number of nitrogens with two attached hydrogens (primary N) is 1. The molecule has 0 saturated heterocycles. The molecule has 0 bridgehead atoms. The first kappa shape index (κ1) is 5.48. The summed E-state index contributed by atoms with van der Waals surface area (Å²) in [4.78, 5) is 0. The van der Waals surface area contributed by atoms with Gasteiger partial charge in [-0.25, -0.2) is 0 Å². The summed E-state index contributed by atoms with van der Waals surface area (Å²) in [6, 6.07) is 0. The molecule has 0 unspecified atom stereocenters. The molecular weight excluding hydrogens is 129 g/mol. The molecule has 0 fully saturated rings. The molecule has 0 saturated carbocycles. The summed E-state index contributed by atoms with van der Waals surface area (Å²) in [7, 11) is 0. The molecule has 1 radical (unpaired) electrons. The predicted molar refractivity (Wildman–Crippen MR) is 24.2 cm³/mol. The van der Waals surface area contributed by atoms with E-state index in [0.29, 0.717) is 0 Å². The van der Waals surface area contributed by atoms with Gasteiger partial charge in [-0.05, 0) is 0 Å². The van der Waals surface area contributed by atoms with Crippen molar-refractivity contribution in [2.24, 2.45) is 5.73 Å². The van der Waals surface area contributed by atoms with Crippen LogP contribution in [0.4, 0.5) is 0 Å². The van der Waals surface area contributed by atoms with Crippen molar-refractivity contribution in [3.8, 4) is 0 Å². The molecule has 0 aliphatic carbocycles. The number of hydrogen-bond donors (Lipinski definition) is 1. The van der Waals surface area contributed by atoms with Gasteiger partial charge in [-0.2, -0.15) is 0 Å². The summed E-state index contributed by atoms with van der Waals surface area (Å²) < 4.78 is 0. The summed E-state index contributed by atoms with van der Waals surface area (Å²) in [5.74, 6) is 0. The Labute approximate surface area is 40.7 Å². The monoisotopic (exact) mass is 138 g/mol. The fourth-order valence-electron chi connectivity index (χ4n) is 0.0833. The van der Waals surface area contributed by atoms with Crippen LogP contribution in [0.15, 0.2) is 0 Å². The Bertz CT molecular complexity index is 14.4. The van der Waals surface area contributed by atoms with Crippen LogP contribution in [0.3, 0.4) is 0 Å². The molecule has 0 atom stereocenters. The standard InChI is InChI=1S/C3H8NSe/c4-2-1-3-5/h1-4H2. The van der Waals surface area contributed by atoms with E-state index in [4.69, 9.17) is 5.73 Å². The van der Waals surface area contributed by atoms with Gasteiger partial charge in [-0.1, -0.05) is 0 Å². The maximum atomic E-state index is 5.12. The van der Waals surface area contributed by atoms with Crippen LogP contribution in [-0.2, 0) is 0 Å². The Morgan fingerprint density at radius 1 is 1.60 bits per heavy atom. The zero-order chi connectivity index (χ0) is 4.12. The van der Waals surface area contributed by atoms with E-state index >= 15 is 0 Å². The van der Waals surface area contributed by atoms with Crippen LogP contribution in [-0.4, -0.2) is 22.6 Å². The van der Waals surface area contributed by atoms with Crippen molar-refractivity contribution in [1.29, 1.82) is 0 Å². The van der Waals surface area contributed by atoms with Gasteiger partial charge in [-0.3, -0.25) is 0 Å². The summed E-state index contributed by atoms with van der Waals surface area (Å²) in [5, 5.41) is 1.09. The number of hydrogen-bond acceptors (Lipinski definition) is 1. The second kappa shape index (κ2) is 4.48. The molecule has 0 aromatic rings. The average molecular weight is 137 g/mol. The minimum absolute atomic E-state index is 0.812. The Morgan fingerprint density at radius 2 is 2.20 bits per heavy atom. The molecule has 5 heavy (non-hydrogen) atoms. The van der Waals surface area contributed by atoms with Crippen molar-refractivity contribution in [2.45, 2.75) is 11.7 Å². The average Bonchev–Trinajstić information content (AvgIpc) is 1.41. The van der Waals surface area contributed by atoms with Gasteiger partial charge in [0.25, 0.3) is 0 Å². The molecule has 0 aliphatic rings. The summed E-state index contributed by atoms with van der Waals surface area (Å²) in [5.41, 5.74) is 5.12. The van der Waals surface area contributed by atoms with Crippen molar-refractivity contribution in [3.05, 3.63) is 0 Å². The summed E-state index contributed by atoms with van der Waals surface area (Å²) in [6.45, 7) is 0.812. The Hall–Kier alpha value is 0.479. The van der Waals surface area contributed by atoms with Crippen molar-refractivity contribution >= 4 is 16.0 Å². The van der Waals surface area contributed by atoms with Gasteiger partial charge in [0, 0.05) is 0 Å². The first-order valence-corrected chi connectivity index (χ1v) is 2.91. The van der Waals surface area contributed by atoms with Crippen LogP contribution >= 0.6 is 0 Å². The van der Waals surface area contributed by atoms with E-state index in [2.05, 4.69) is 16.0 Å². The summed E-state index contributed by atoms with van der Waals surface area (Å²) >= 11 is 2.86. The molecular formula is C3H8NSe. The van der Waals surface area contributed by atoms with E-state index in [9.17, 15) is 0 Å². The van der Waals surface area contributed by atoms with Gasteiger partial charge in [0.2, 0.25) is 0 Å². The topological polar surface area (TPSA) is 26.0 Å². The molecule has 0 rings (SSSR count). The van der Waals surface area contributed by atoms with E-state index in [0.717, 1.165) is 18.3 Å². The Balaban J connectivity index is 2.19. The minimum atomic E-state index is 0.812. The molecule has 31 valence electrons. The van der Waals surface area contributed by atoms with Crippen molar-refractivity contribution < 1.29 is 0 Å². The quantitative estimate of drug-likeness (QED) is 0.529. The Kier molecular flexibility index (Phi) is 4.91. The third kappa shape index (κ3) is 4.48. The van der Waals surface area contributed by atoms with Gasteiger partial charge in [0.05, 0.1) is 0 Å². The third-order valence-electron chi connectivity index (χ3n) is 0.348. The molecule has 2 heteroatoms. The van der Waals surface area contributed by atoms with Crippen LogP contribution in [0, 0.1) is 0 Å². The molecule has 0 aliphatic heterocycles. The van der Waals surface area contributed by atoms with Crippen molar-refractivity contribution in [2.75, 3.05) is 6.54 Å². The second-order valence-electron chi connectivity index (χ2n) is 0.846. The van der Waals surface area contributed by atoms with E-state index in [1.807, 2.05) is 0 Å². The molecule has 1 nitrogen and oxygen atoms in total. The zero-order valence-electron chi connectivity index (χ0n) is 3.11.